The van der Waals surface area contributed by atoms with Gasteiger partial charge in [0.25, 0.3) is 0 Å². The predicted octanol–water partition coefficient (Wildman–Crippen LogP) is 3.20. The minimum absolute atomic E-state index is 0.105. The fourth-order valence-corrected chi connectivity index (χ4v) is 3.86. The second kappa shape index (κ2) is 6.45. The summed E-state index contributed by atoms with van der Waals surface area (Å²) in [6.07, 6.45) is 0.791. The van der Waals surface area contributed by atoms with Crippen LogP contribution in [0.25, 0.3) is 0 Å². The normalized spacial score (nSPS) is 22.7. The summed E-state index contributed by atoms with van der Waals surface area (Å²) in [5.74, 6) is 0.160. The Morgan fingerprint density at radius 1 is 1.20 bits per heavy atom. The lowest BCUT2D eigenvalue weighted by Crippen LogP contribution is -2.63. The van der Waals surface area contributed by atoms with Crippen molar-refractivity contribution in [2.45, 2.75) is 45.8 Å². The molecule has 5 nitrogen and oxygen atoms in total. The van der Waals surface area contributed by atoms with Crippen LogP contribution in [0.4, 0.5) is 4.79 Å². The number of Topliss-reactive ketones (excluding diaryl/α,β-unsaturated/α-hetero) is 1. The van der Waals surface area contributed by atoms with E-state index in [1.165, 1.54) is 0 Å². The van der Waals surface area contributed by atoms with E-state index < -0.39 is 5.60 Å². The van der Waals surface area contributed by atoms with Crippen LogP contribution in [0.2, 0.25) is 0 Å². The first-order valence-corrected chi connectivity index (χ1v) is 9.00. The lowest BCUT2D eigenvalue weighted by Gasteiger charge is -2.51. The molecule has 1 aromatic rings. The number of hydrogen-bond acceptors (Lipinski definition) is 4. The van der Waals surface area contributed by atoms with Crippen molar-refractivity contribution in [2.24, 2.45) is 5.41 Å². The van der Waals surface area contributed by atoms with Gasteiger partial charge in [-0.2, -0.15) is 0 Å². The molecule has 3 rings (SSSR count). The van der Waals surface area contributed by atoms with Crippen LogP contribution < -0.4 is 0 Å². The van der Waals surface area contributed by atoms with Crippen LogP contribution in [0.1, 0.15) is 44.5 Å². The lowest BCUT2D eigenvalue weighted by atomic mass is 9.74. The molecule has 0 saturated carbocycles. The number of nitrogens with zero attached hydrogens (tertiary/aromatic N) is 2. The van der Waals surface area contributed by atoms with Gasteiger partial charge in [0, 0.05) is 30.1 Å². The minimum Gasteiger partial charge on any atom is -0.444 e. The highest BCUT2D eigenvalue weighted by molar-refractivity contribution is 5.97. The summed E-state index contributed by atoms with van der Waals surface area (Å²) in [7, 11) is 0. The van der Waals surface area contributed by atoms with E-state index in [1.807, 2.05) is 51.1 Å². The van der Waals surface area contributed by atoms with Crippen molar-refractivity contribution in [1.29, 1.82) is 0 Å². The van der Waals surface area contributed by atoms with E-state index in [0.29, 0.717) is 12.6 Å². The summed E-state index contributed by atoms with van der Waals surface area (Å²) < 4.78 is 5.45. The van der Waals surface area contributed by atoms with Gasteiger partial charge in [-0.1, -0.05) is 30.3 Å². The Hall–Kier alpha value is -1.88. The van der Waals surface area contributed by atoms with Gasteiger partial charge in [-0.05, 0) is 40.7 Å². The zero-order valence-electron chi connectivity index (χ0n) is 15.6. The van der Waals surface area contributed by atoms with Gasteiger partial charge in [0.2, 0.25) is 0 Å². The maximum Gasteiger partial charge on any atom is 0.410 e. The van der Waals surface area contributed by atoms with Crippen LogP contribution >= 0.6 is 0 Å². The molecular formula is C20H28N2O3. The van der Waals surface area contributed by atoms with E-state index in [9.17, 15) is 9.59 Å². The molecule has 2 aliphatic rings. The van der Waals surface area contributed by atoms with Gasteiger partial charge in [-0.3, -0.25) is 9.69 Å². The summed E-state index contributed by atoms with van der Waals surface area (Å²) in [4.78, 5) is 28.7. The van der Waals surface area contributed by atoms with E-state index in [0.717, 1.165) is 31.6 Å². The van der Waals surface area contributed by atoms with Crippen LogP contribution in [-0.2, 0) is 4.74 Å². The van der Waals surface area contributed by atoms with E-state index >= 15 is 0 Å². The maximum atomic E-state index is 12.5. The van der Waals surface area contributed by atoms with Gasteiger partial charge in [-0.15, -0.1) is 0 Å². The maximum absolute atomic E-state index is 12.5. The van der Waals surface area contributed by atoms with Crippen LogP contribution in [-0.4, -0.2) is 59.5 Å². The molecule has 2 saturated heterocycles. The van der Waals surface area contributed by atoms with Gasteiger partial charge in [0.05, 0.1) is 6.54 Å². The number of ether oxygens (including phenoxy) is 1. The number of benzene rings is 1. The molecule has 0 radical (unpaired) electrons. The Balaban J connectivity index is 1.56. The number of likely N-dealkylation sites (tertiary alicyclic amines) is 2. The molecule has 5 heteroatoms. The number of ketones is 1. The highest BCUT2D eigenvalue weighted by Crippen LogP contribution is 2.44. The number of carbonyl (C=O) groups is 2. The summed E-state index contributed by atoms with van der Waals surface area (Å²) in [6.45, 7) is 10.6. The van der Waals surface area contributed by atoms with E-state index in [1.54, 1.807) is 4.90 Å². The third-order valence-electron chi connectivity index (χ3n) is 5.44. The third kappa shape index (κ3) is 3.71. The van der Waals surface area contributed by atoms with Crippen molar-refractivity contribution < 1.29 is 14.3 Å². The number of carbonyl (C=O) groups excluding carboxylic acids is 2. The van der Waals surface area contributed by atoms with E-state index in [-0.39, 0.29) is 17.3 Å². The zero-order chi connectivity index (χ0) is 18.2. The molecule has 1 spiro atoms. The van der Waals surface area contributed by atoms with E-state index in [2.05, 4.69) is 11.8 Å². The van der Waals surface area contributed by atoms with Gasteiger partial charge in [0.15, 0.2) is 5.78 Å². The molecule has 1 aromatic carbocycles. The van der Waals surface area contributed by atoms with Crippen molar-refractivity contribution in [1.82, 2.24) is 9.80 Å². The monoisotopic (exact) mass is 344 g/mol. The van der Waals surface area contributed by atoms with Gasteiger partial charge < -0.3 is 9.64 Å². The molecule has 2 fully saturated rings. The second-order valence-electron chi connectivity index (χ2n) is 8.38. The number of amides is 1. The molecule has 0 aromatic heterocycles. The molecule has 1 unspecified atom stereocenters. The van der Waals surface area contributed by atoms with Crippen LogP contribution in [0, 0.1) is 5.41 Å². The number of rotatable bonds is 3. The summed E-state index contributed by atoms with van der Waals surface area (Å²) in [5.41, 5.74) is 0.406. The average Bonchev–Trinajstić information content (AvgIpc) is 2.82. The first-order chi connectivity index (χ1) is 11.7. The van der Waals surface area contributed by atoms with Crippen molar-refractivity contribution >= 4 is 11.9 Å². The highest BCUT2D eigenvalue weighted by atomic mass is 16.6. The first kappa shape index (κ1) is 17.9. The Bertz CT molecular complexity index is 645. The second-order valence-corrected chi connectivity index (χ2v) is 8.38. The van der Waals surface area contributed by atoms with Crippen LogP contribution in [0.15, 0.2) is 30.3 Å². The molecule has 1 atom stereocenters. The minimum atomic E-state index is -0.463. The van der Waals surface area contributed by atoms with Crippen molar-refractivity contribution in [2.75, 3.05) is 26.2 Å². The summed E-state index contributed by atoms with van der Waals surface area (Å²) in [6, 6.07) is 9.74. The first-order valence-electron chi connectivity index (χ1n) is 9.00. The Morgan fingerprint density at radius 3 is 2.44 bits per heavy atom. The molecule has 0 bridgehead atoms. The Morgan fingerprint density at radius 2 is 1.84 bits per heavy atom. The third-order valence-corrected chi connectivity index (χ3v) is 5.44. The summed E-state index contributed by atoms with van der Waals surface area (Å²) in [5, 5.41) is 0. The fourth-order valence-electron chi connectivity index (χ4n) is 3.86. The summed E-state index contributed by atoms with van der Waals surface area (Å²) >= 11 is 0. The van der Waals surface area contributed by atoms with E-state index in [4.69, 9.17) is 4.74 Å². The molecule has 136 valence electrons. The van der Waals surface area contributed by atoms with Crippen LogP contribution in [0.5, 0.6) is 0 Å². The smallest absolute Gasteiger partial charge is 0.410 e. The van der Waals surface area contributed by atoms with Crippen molar-refractivity contribution in [3.63, 3.8) is 0 Å². The Labute approximate surface area is 149 Å². The topological polar surface area (TPSA) is 49.9 Å². The molecule has 2 heterocycles. The lowest BCUT2D eigenvalue weighted by molar-refractivity contribution is -0.0441. The van der Waals surface area contributed by atoms with Gasteiger partial charge >= 0.3 is 6.09 Å². The largest absolute Gasteiger partial charge is 0.444 e. The molecule has 0 aliphatic carbocycles. The fraction of sp³-hybridized carbons (Fsp3) is 0.600. The standard InChI is InChI=1S/C20H28N2O3/c1-15-20(13-22(14-20)18(24)25-19(2,3)4)10-11-21(15)12-17(23)16-8-6-5-7-9-16/h5-9,15H,10-14H2,1-4H3. The van der Waals surface area contributed by atoms with Crippen LogP contribution in [0.3, 0.4) is 0 Å². The zero-order valence-corrected chi connectivity index (χ0v) is 15.6. The average molecular weight is 344 g/mol. The molecule has 1 amide bonds. The molecule has 2 aliphatic heterocycles. The van der Waals surface area contributed by atoms with Crippen molar-refractivity contribution in [3.8, 4) is 0 Å². The quantitative estimate of drug-likeness (QED) is 0.790. The SMILES string of the molecule is CC1N(CC(=O)c2ccccc2)CCC12CN(C(=O)OC(C)(C)C)C2. The van der Waals surface area contributed by atoms with Gasteiger partial charge in [-0.25, -0.2) is 4.79 Å². The molecular weight excluding hydrogens is 316 g/mol. The Kier molecular flexibility index (Phi) is 4.62. The molecule has 0 N–H and O–H groups in total. The number of hydrogen-bond donors (Lipinski definition) is 0. The highest BCUT2D eigenvalue weighted by Gasteiger charge is 2.54. The molecule has 25 heavy (non-hydrogen) atoms. The van der Waals surface area contributed by atoms with Gasteiger partial charge in [0.1, 0.15) is 5.60 Å². The van der Waals surface area contributed by atoms with Crippen molar-refractivity contribution in [3.05, 3.63) is 35.9 Å². The predicted molar refractivity (Wildman–Crippen MR) is 96.7 cm³/mol.